The maximum absolute atomic E-state index is 12.4. The van der Waals surface area contributed by atoms with E-state index in [9.17, 15) is 26.4 Å². The van der Waals surface area contributed by atoms with Crippen LogP contribution in [0.1, 0.15) is 15.9 Å². The number of halogens is 3. The molecule has 0 radical (unpaired) electrons. The third-order valence-corrected chi connectivity index (χ3v) is 3.85. The van der Waals surface area contributed by atoms with Gasteiger partial charge in [-0.3, -0.25) is 4.79 Å². The Hall–Kier alpha value is -2.42. The van der Waals surface area contributed by atoms with Gasteiger partial charge in [0.05, 0.1) is 17.4 Å². The van der Waals surface area contributed by atoms with E-state index in [1.807, 2.05) is 0 Å². The number of hydrogen-bond donors (Lipinski definition) is 1. The van der Waals surface area contributed by atoms with Crippen molar-refractivity contribution in [3.05, 3.63) is 53.7 Å². The van der Waals surface area contributed by atoms with E-state index in [1.54, 1.807) is 0 Å². The zero-order chi connectivity index (χ0) is 17.3. The van der Waals surface area contributed by atoms with Crippen molar-refractivity contribution in [2.75, 3.05) is 11.6 Å². The van der Waals surface area contributed by atoms with Crippen LogP contribution in [0.5, 0.6) is 0 Å². The van der Waals surface area contributed by atoms with Gasteiger partial charge in [-0.05, 0) is 36.4 Å². The molecule has 0 saturated carbocycles. The van der Waals surface area contributed by atoms with Crippen LogP contribution in [0.3, 0.4) is 0 Å². The second-order valence-corrected chi connectivity index (χ2v) is 6.65. The van der Waals surface area contributed by atoms with Crippen LogP contribution < -0.4 is 5.32 Å². The third kappa shape index (κ3) is 4.28. The van der Waals surface area contributed by atoms with Gasteiger partial charge in [-0.25, -0.2) is 13.4 Å². The van der Waals surface area contributed by atoms with Crippen LogP contribution in [0, 0.1) is 0 Å². The van der Waals surface area contributed by atoms with Gasteiger partial charge in [0.2, 0.25) is 0 Å². The summed E-state index contributed by atoms with van der Waals surface area (Å²) < 4.78 is 59.8. The van der Waals surface area contributed by atoms with E-state index in [-0.39, 0.29) is 16.3 Å². The SMILES string of the molecule is CS(=O)(=O)c1ccc(NC(=O)c2ccc(C(F)(F)F)cc2)cn1. The number of rotatable bonds is 3. The molecule has 0 atom stereocenters. The molecule has 0 bridgehead atoms. The van der Waals surface area contributed by atoms with Gasteiger partial charge in [-0.15, -0.1) is 0 Å². The maximum atomic E-state index is 12.4. The van der Waals surface area contributed by atoms with Crippen LogP contribution in [-0.4, -0.2) is 25.6 Å². The molecule has 0 saturated heterocycles. The minimum absolute atomic E-state index is 0.0326. The van der Waals surface area contributed by atoms with E-state index in [4.69, 9.17) is 0 Å². The van der Waals surface area contributed by atoms with E-state index in [0.29, 0.717) is 0 Å². The molecule has 2 rings (SSSR count). The third-order valence-electron chi connectivity index (χ3n) is 2.85. The molecule has 1 aromatic carbocycles. The largest absolute Gasteiger partial charge is 0.416 e. The molecule has 1 N–H and O–H groups in total. The highest BCUT2D eigenvalue weighted by molar-refractivity contribution is 7.90. The van der Waals surface area contributed by atoms with Gasteiger partial charge in [0.25, 0.3) is 5.91 Å². The Morgan fingerprint density at radius 3 is 2.13 bits per heavy atom. The average molecular weight is 344 g/mol. The van der Waals surface area contributed by atoms with E-state index in [1.165, 1.54) is 12.1 Å². The number of nitrogens with one attached hydrogen (secondary N) is 1. The lowest BCUT2D eigenvalue weighted by Gasteiger charge is -2.08. The minimum atomic E-state index is -4.47. The van der Waals surface area contributed by atoms with Gasteiger partial charge in [0, 0.05) is 11.8 Å². The predicted molar refractivity (Wildman–Crippen MR) is 76.7 cm³/mol. The molecule has 1 heterocycles. The van der Waals surface area contributed by atoms with Crippen molar-refractivity contribution < 1.29 is 26.4 Å². The Morgan fingerprint density at radius 2 is 1.70 bits per heavy atom. The van der Waals surface area contributed by atoms with Crippen LogP contribution in [0.25, 0.3) is 0 Å². The van der Waals surface area contributed by atoms with Gasteiger partial charge in [0.1, 0.15) is 0 Å². The van der Waals surface area contributed by atoms with Crippen molar-refractivity contribution in [3.8, 4) is 0 Å². The van der Waals surface area contributed by atoms with Crippen LogP contribution in [0.2, 0.25) is 0 Å². The minimum Gasteiger partial charge on any atom is -0.321 e. The van der Waals surface area contributed by atoms with E-state index in [2.05, 4.69) is 10.3 Å². The first kappa shape index (κ1) is 16.9. The molecule has 122 valence electrons. The van der Waals surface area contributed by atoms with E-state index < -0.39 is 27.5 Å². The zero-order valence-electron chi connectivity index (χ0n) is 11.8. The summed E-state index contributed by atoms with van der Waals surface area (Å²) in [4.78, 5) is 15.6. The van der Waals surface area contributed by atoms with Gasteiger partial charge in [-0.2, -0.15) is 13.2 Å². The molecule has 23 heavy (non-hydrogen) atoms. The quantitative estimate of drug-likeness (QED) is 0.929. The molecule has 0 fully saturated rings. The van der Waals surface area contributed by atoms with Crippen LogP contribution >= 0.6 is 0 Å². The number of pyridine rings is 1. The highest BCUT2D eigenvalue weighted by Gasteiger charge is 2.30. The number of carbonyl (C=O) groups is 1. The topological polar surface area (TPSA) is 76.1 Å². The molecule has 9 heteroatoms. The predicted octanol–water partition coefficient (Wildman–Crippen LogP) is 2.76. The number of benzene rings is 1. The summed E-state index contributed by atoms with van der Waals surface area (Å²) in [6, 6.07) is 6.27. The van der Waals surface area contributed by atoms with E-state index >= 15 is 0 Å². The van der Waals surface area contributed by atoms with Crippen LogP contribution in [-0.2, 0) is 16.0 Å². The fourth-order valence-electron chi connectivity index (χ4n) is 1.69. The number of sulfone groups is 1. The van der Waals surface area contributed by atoms with Crippen molar-refractivity contribution in [3.63, 3.8) is 0 Å². The summed E-state index contributed by atoms with van der Waals surface area (Å²) in [6.07, 6.45) is -2.32. The van der Waals surface area contributed by atoms with Crippen molar-refractivity contribution >= 4 is 21.4 Å². The van der Waals surface area contributed by atoms with Crippen molar-refractivity contribution in [1.82, 2.24) is 4.98 Å². The zero-order valence-corrected chi connectivity index (χ0v) is 12.6. The summed E-state index contributed by atoms with van der Waals surface area (Å²) >= 11 is 0. The summed E-state index contributed by atoms with van der Waals surface area (Å²) in [5.41, 5.74) is -0.597. The molecule has 0 aliphatic rings. The number of amides is 1. The molecule has 1 amide bonds. The second-order valence-electron chi connectivity index (χ2n) is 4.69. The fraction of sp³-hybridized carbons (Fsp3) is 0.143. The normalized spacial score (nSPS) is 12.0. The van der Waals surface area contributed by atoms with Crippen molar-refractivity contribution in [2.24, 2.45) is 0 Å². The number of hydrogen-bond acceptors (Lipinski definition) is 4. The molecule has 0 unspecified atom stereocenters. The lowest BCUT2D eigenvalue weighted by Crippen LogP contribution is -2.13. The smallest absolute Gasteiger partial charge is 0.321 e. The fourth-order valence-corrected chi connectivity index (χ4v) is 2.25. The molecule has 0 aliphatic carbocycles. The molecule has 5 nitrogen and oxygen atoms in total. The Bertz CT molecular complexity index is 814. The Morgan fingerprint density at radius 1 is 1.09 bits per heavy atom. The monoisotopic (exact) mass is 344 g/mol. The molecular formula is C14H11F3N2O3S. The first-order valence-electron chi connectivity index (χ1n) is 6.22. The highest BCUT2D eigenvalue weighted by atomic mass is 32.2. The lowest BCUT2D eigenvalue weighted by molar-refractivity contribution is -0.137. The average Bonchev–Trinajstić information content (AvgIpc) is 2.46. The number of anilines is 1. The Labute approximate surface area is 130 Å². The molecule has 2 aromatic rings. The van der Waals surface area contributed by atoms with Crippen molar-refractivity contribution in [1.29, 1.82) is 0 Å². The number of aromatic nitrogens is 1. The molecule has 1 aromatic heterocycles. The number of nitrogens with zero attached hydrogens (tertiary/aromatic N) is 1. The van der Waals surface area contributed by atoms with Crippen LogP contribution in [0.4, 0.5) is 18.9 Å². The van der Waals surface area contributed by atoms with Gasteiger partial charge in [0.15, 0.2) is 14.9 Å². The molecule has 0 aliphatic heterocycles. The molecule has 0 spiro atoms. The number of carbonyl (C=O) groups excluding carboxylic acids is 1. The van der Waals surface area contributed by atoms with E-state index in [0.717, 1.165) is 36.7 Å². The number of alkyl halides is 3. The van der Waals surface area contributed by atoms with Gasteiger partial charge in [-0.1, -0.05) is 0 Å². The summed E-state index contributed by atoms with van der Waals surface area (Å²) in [6.45, 7) is 0. The van der Waals surface area contributed by atoms with Crippen LogP contribution in [0.15, 0.2) is 47.6 Å². The first-order chi connectivity index (χ1) is 10.6. The van der Waals surface area contributed by atoms with Gasteiger partial charge < -0.3 is 5.32 Å². The summed E-state index contributed by atoms with van der Waals surface area (Å²) in [7, 11) is -3.45. The second kappa shape index (κ2) is 5.99. The van der Waals surface area contributed by atoms with Gasteiger partial charge >= 0.3 is 6.18 Å². The first-order valence-corrected chi connectivity index (χ1v) is 8.11. The lowest BCUT2D eigenvalue weighted by atomic mass is 10.1. The summed E-state index contributed by atoms with van der Waals surface area (Å²) in [5.74, 6) is -0.632. The Kier molecular flexibility index (Phi) is 4.42. The molecular weight excluding hydrogens is 333 g/mol. The standard InChI is InChI=1S/C14H11F3N2O3S/c1-23(21,22)12-7-6-11(8-18-12)19-13(20)9-2-4-10(5-3-9)14(15,16)17/h2-8H,1H3,(H,19,20). The van der Waals surface area contributed by atoms with Crippen molar-refractivity contribution in [2.45, 2.75) is 11.2 Å². The summed E-state index contributed by atoms with van der Waals surface area (Å²) in [5, 5.41) is 2.27. The highest BCUT2D eigenvalue weighted by Crippen LogP contribution is 2.29. The Balaban J connectivity index is 2.13. The maximum Gasteiger partial charge on any atom is 0.416 e.